The number of hydrogen-bond acceptors (Lipinski definition) is 3. The molecule has 0 unspecified atom stereocenters. The Kier molecular flexibility index (Phi) is 7.18. The number of rotatable bonds is 7. The van der Waals surface area contributed by atoms with E-state index < -0.39 is 0 Å². The number of halogens is 1. The molecule has 1 aromatic carbocycles. The summed E-state index contributed by atoms with van der Waals surface area (Å²) in [6.07, 6.45) is 0. The highest BCUT2D eigenvalue weighted by molar-refractivity contribution is 9.10. The molecule has 1 rings (SSSR count). The van der Waals surface area contributed by atoms with Crippen molar-refractivity contribution >= 4 is 27.5 Å². The molecule has 0 aliphatic rings. The third-order valence-electron chi connectivity index (χ3n) is 3.30. The summed E-state index contributed by atoms with van der Waals surface area (Å²) in [4.78, 5) is 15.8. The first kappa shape index (κ1) is 18.0. The zero-order valence-corrected chi connectivity index (χ0v) is 15.2. The first-order valence-electron chi connectivity index (χ1n) is 7.32. The lowest BCUT2D eigenvalue weighted by Gasteiger charge is -2.27. The van der Waals surface area contributed by atoms with Crippen LogP contribution in [0.4, 0.5) is 5.69 Å². The van der Waals surface area contributed by atoms with Crippen molar-refractivity contribution in [2.24, 2.45) is 0 Å². The molecule has 0 aliphatic heterocycles. The smallest absolute Gasteiger partial charge is 0.241 e. The van der Waals surface area contributed by atoms with Crippen molar-refractivity contribution in [3.8, 4) is 0 Å². The van der Waals surface area contributed by atoms with Crippen LogP contribution in [0.5, 0.6) is 0 Å². The minimum Gasteiger partial charge on any atom is -0.362 e. The number of likely N-dealkylation sites (N-methyl/N-ethyl adjacent to an activating group) is 2. The molecule has 0 aromatic heterocycles. The minimum atomic E-state index is 0.111. The number of amides is 1. The van der Waals surface area contributed by atoms with Crippen molar-refractivity contribution in [3.05, 3.63) is 28.2 Å². The summed E-state index contributed by atoms with van der Waals surface area (Å²) in [7, 11) is 3.58. The Morgan fingerprint density at radius 3 is 2.52 bits per heavy atom. The topological polar surface area (TPSA) is 35.6 Å². The molecule has 118 valence electrons. The van der Waals surface area contributed by atoms with Crippen molar-refractivity contribution in [1.29, 1.82) is 0 Å². The Bertz CT molecular complexity index is 475. The maximum atomic E-state index is 12.0. The van der Waals surface area contributed by atoms with Gasteiger partial charge in [0, 0.05) is 43.4 Å². The van der Waals surface area contributed by atoms with E-state index in [1.165, 1.54) is 5.56 Å². The molecule has 1 amide bonds. The van der Waals surface area contributed by atoms with Gasteiger partial charge in [-0.05, 0) is 24.6 Å². The van der Waals surface area contributed by atoms with Crippen LogP contribution >= 0.6 is 15.9 Å². The highest BCUT2D eigenvalue weighted by atomic mass is 79.9. The molecular weight excluding hydrogens is 330 g/mol. The molecule has 0 saturated heterocycles. The van der Waals surface area contributed by atoms with Crippen LogP contribution < -0.4 is 10.2 Å². The lowest BCUT2D eigenvalue weighted by molar-refractivity contribution is -0.127. The van der Waals surface area contributed by atoms with E-state index in [4.69, 9.17) is 0 Å². The van der Waals surface area contributed by atoms with Gasteiger partial charge in [-0.15, -0.1) is 0 Å². The van der Waals surface area contributed by atoms with Crippen LogP contribution in [0, 0.1) is 0 Å². The Morgan fingerprint density at radius 2 is 2.00 bits per heavy atom. The van der Waals surface area contributed by atoms with Crippen molar-refractivity contribution in [3.63, 3.8) is 0 Å². The number of hydrogen-bond donors (Lipinski definition) is 1. The van der Waals surface area contributed by atoms with E-state index in [1.807, 2.05) is 6.07 Å². The Morgan fingerprint density at radius 1 is 1.33 bits per heavy atom. The van der Waals surface area contributed by atoms with Gasteiger partial charge in [0.2, 0.25) is 5.91 Å². The van der Waals surface area contributed by atoms with Gasteiger partial charge in [0.15, 0.2) is 0 Å². The number of anilines is 1. The van der Waals surface area contributed by atoms with Gasteiger partial charge >= 0.3 is 0 Å². The quantitative estimate of drug-likeness (QED) is 0.816. The first-order valence-corrected chi connectivity index (χ1v) is 8.11. The molecule has 0 bridgehead atoms. The fraction of sp³-hybridized carbons (Fsp3) is 0.562. The molecule has 0 heterocycles. The van der Waals surface area contributed by atoms with Gasteiger partial charge in [0.1, 0.15) is 0 Å². The van der Waals surface area contributed by atoms with Crippen LogP contribution in [0.1, 0.15) is 26.3 Å². The highest BCUT2D eigenvalue weighted by Crippen LogP contribution is 2.25. The first-order chi connectivity index (χ1) is 9.85. The maximum Gasteiger partial charge on any atom is 0.241 e. The van der Waals surface area contributed by atoms with Gasteiger partial charge in [-0.1, -0.05) is 35.8 Å². The van der Waals surface area contributed by atoms with E-state index in [0.29, 0.717) is 12.6 Å². The number of benzene rings is 1. The molecule has 0 saturated carbocycles. The van der Waals surface area contributed by atoms with Gasteiger partial charge < -0.3 is 15.1 Å². The minimum absolute atomic E-state index is 0.111. The van der Waals surface area contributed by atoms with Gasteiger partial charge in [0.25, 0.3) is 0 Å². The van der Waals surface area contributed by atoms with Crippen molar-refractivity contribution in [2.75, 3.05) is 32.1 Å². The van der Waals surface area contributed by atoms with E-state index in [9.17, 15) is 4.79 Å². The van der Waals surface area contributed by atoms with Gasteiger partial charge in [-0.2, -0.15) is 0 Å². The molecule has 4 nitrogen and oxygen atoms in total. The molecular formula is C16H26BrN3O. The van der Waals surface area contributed by atoms with Crippen molar-refractivity contribution in [2.45, 2.75) is 33.4 Å². The Balaban J connectivity index is 3.00. The van der Waals surface area contributed by atoms with Crippen LogP contribution in [0.2, 0.25) is 0 Å². The summed E-state index contributed by atoms with van der Waals surface area (Å²) in [6, 6.07) is 6.67. The van der Waals surface area contributed by atoms with E-state index in [-0.39, 0.29) is 5.91 Å². The summed E-state index contributed by atoms with van der Waals surface area (Å²) in [5, 5.41) is 3.44. The predicted molar refractivity (Wildman–Crippen MR) is 92.7 cm³/mol. The normalized spacial score (nSPS) is 10.8. The van der Waals surface area contributed by atoms with Crippen LogP contribution in [0.15, 0.2) is 22.7 Å². The fourth-order valence-electron chi connectivity index (χ4n) is 1.97. The fourth-order valence-corrected chi connectivity index (χ4v) is 2.32. The lowest BCUT2D eigenvalue weighted by Crippen LogP contribution is -2.37. The molecule has 1 aromatic rings. The summed E-state index contributed by atoms with van der Waals surface area (Å²) >= 11 is 3.53. The highest BCUT2D eigenvalue weighted by Gasteiger charge is 2.15. The van der Waals surface area contributed by atoms with Crippen molar-refractivity contribution in [1.82, 2.24) is 10.2 Å². The molecule has 0 fully saturated rings. The number of carbonyl (C=O) groups excluding carboxylic acids is 1. The average Bonchev–Trinajstić information content (AvgIpc) is 2.42. The van der Waals surface area contributed by atoms with Crippen LogP contribution in [0.3, 0.4) is 0 Å². The second-order valence-corrected chi connectivity index (χ2v) is 6.53. The Hall–Kier alpha value is -1.07. The second-order valence-electron chi connectivity index (χ2n) is 5.61. The molecule has 21 heavy (non-hydrogen) atoms. The van der Waals surface area contributed by atoms with Crippen LogP contribution in [-0.2, 0) is 11.3 Å². The largest absolute Gasteiger partial charge is 0.362 e. The van der Waals surface area contributed by atoms with E-state index in [2.05, 4.69) is 59.1 Å². The molecule has 0 spiro atoms. The maximum absolute atomic E-state index is 12.0. The monoisotopic (exact) mass is 355 g/mol. The summed E-state index contributed by atoms with van der Waals surface area (Å²) in [6.45, 7) is 8.33. The van der Waals surface area contributed by atoms with Gasteiger partial charge in [0.05, 0.1) is 6.54 Å². The van der Waals surface area contributed by atoms with E-state index >= 15 is 0 Å². The zero-order chi connectivity index (χ0) is 16.0. The standard InChI is InChI=1S/C16H26BrN3O/c1-6-20(11-16(21)19(4)5)15-9-14(17)8-7-13(15)10-18-12(2)3/h7-9,12,18H,6,10-11H2,1-5H3. The molecule has 0 atom stereocenters. The predicted octanol–water partition coefficient (Wildman–Crippen LogP) is 2.86. The molecule has 5 heteroatoms. The SMILES string of the molecule is CCN(CC(=O)N(C)C)c1cc(Br)ccc1CNC(C)C. The number of nitrogens with one attached hydrogen (secondary N) is 1. The lowest BCUT2D eigenvalue weighted by atomic mass is 10.1. The van der Waals surface area contributed by atoms with Crippen LogP contribution in [-0.4, -0.2) is 44.0 Å². The van der Waals surface area contributed by atoms with E-state index in [0.717, 1.165) is 23.2 Å². The van der Waals surface area contributed by atoms with Gasteiger partial charge in [-0.25, -0.2) is 0 Å². The van der Waals surface area contributed by atoms with Crippen LogP contribution in [0.25, 0.3) is 0 Å². The van der Waals surface area contributed by atoms with Crippen molar-refractivity contribution < 1.29 is 4.79 Å². The zero-order valence-electron chi connectivity index (χ0n) is 13.6. The molecule has 0 aliphatic carbocycles. The Labute approximate surface area is 136 Å². The number of nitrogens with zero attached hydrogens (tertiary/aromatic N) is 2. The van der Waals surface area contributed by atoms with E-state index in [1.54, 1.807) is 19.0 Å². The van der Waals surface area contributed by atoms with Gasteiger partial charge in [-0.3, -0.25) is 4.79 Å². The summed E-state index contributed by atoms with van der Waals surface area (Å²) < 4.78 is 1.03. The third-order valence-corrected chi connectivity index (χ3v) is 3.79. The second kappa shape index (κ2) is 8.39. The molecule has 1 N–H and O–H groups in total. The summed E-state index contributed by atoms with van der Waals surface area (Å²) in [5.41, 5.74) is 2.32. The molecule has 0 radical (unpaired) electrons. The average molecular weight is 356 g/mol. The third kappa shape index (κ3) is 5.67. The number of carbonyl (C=O) groups is 1. The summed E-state index contributed by atoms with van der Waals surface area (Å²) in [5.74, 6) is 0.111.